The highest BCUT2D eigenvalue weighted by Gasteiger charge is 2.13. The van der Waals surface area contributed by atoms with E-state index < -0.39 is 5.82 Å². The molecular weight excluding hydrogens is 245 g/mol. The first-order valence-corrected chi connectivity index (χ1v) is 5.86. The summed E-state index contributed by atoms with van der Waals surface area (Å²) >= 11 is 0. The van der Waals surface area contributed by atoms with Gasteiger partial charge in [0.15, 0.2) is 5.82 Å². The van der Waals surface area contributed by atoms with Gasteiger partial charge in [-0.1, -0.05) is 0 Å². The third-order valence-corrected chi connectivity index (χ3v) is 2.83. The van der Waals surface area contributed by atoms with Crippen molar-refractivity contribution in [1.29, 1.82) is 5.26 Å². The first-order chi connectivity index (χ1) is 9.06. The molecule has 0 radical (unpaired) electrons. The molecule has 1 aromatic heterocycles. The summed E-state index contributed by atoms with van der Waals surface area (Å²) in [5.74, 6) is 0.165. The number of anilines is 3. The summed E-state index contributed by atoms with van der Waals surface area (Å²) in [5, 5.41) is 16.3. The molecule has 98 valence electrons. The number of aromatic nitrogens is 2. The van der Waals surface area contributed by atoms with E-state index in [0.29, 0.717) is 29.4 Å². The van der Waals surface area contributed by atoms with Gasteiger partial charge >= 0.3 is 0 Å². The van der Waals surface area contributed by atoms with Gasteiger partial charge in [0.25, 0.3) is 0 Å². The second kappa shape index (κ2) is 4.98. The van der Waals surface area contributed by atoms with E-state index in [1.807, 2.05) is 19.9 Å². The molecule has 0 fully saturated rings. The Labute approximate surface area is 110 Å². The second-order valence-corrected chi connectivity index (χ2v) is 4.09. The summed E-state index contributed by atoms with van der Waals surface area (Å²) in [7, 11) is 0. The average Bonchev–Trinajstić information content (AvgIpc) is 2.68. The van der Waals surface area contributed by atoms with Crippen LogP contribution in [-0.4, -0.2) is 9.78 Å². The summed E-state index contributed by atoms with van der Waals surface area (Å²) in [4.78, 5) is 0. The average molecular weight is 259 g/mol. The van der Waals surface area contributed by atoms with Gasteiger partial charge in [-0.15, -0.1) is 0 Å². The van der Waals surface area contributed by atoms with Gasteiger partial charge in [0.1, 0.15) is 11.9 Å². The fourth-order valence-electron chi connectivity index (χ4n) is 1.80. The number of nitriles is 1. The molecule has 1 aromatic carbocycles. The van der Waals surface area contributed by atoms with Crippen LogP contribution < -0.4 is 11.1 Å². The van der Waals surface area contributed by atoms with Gasteiger partial charge in [0.05, 0.1) is 22.6 Å². The summed E-state index contributed by atoms with van der Waals surface area (Å²) < 4.78 is 14.8. The Morgan fingerprint density at radius 3 is 2.89 bits per heavy atom. The molecular formula is C13H14FN5. The number of nitrogens with zero attached hydrogens (tertiary/aromatic N) is 3. The smallest absolute Gasteiger partial charge is 0.152 e. The fraction of sp³-hybridized carbons (Fsp3) is 0.231. The quantitative estimate of drug-likeness (QED) is 0.887. The van der Waals surface area contributed by atoms with Crippen molar-refractivity contribution in [2.24, 2.45) is 0 Å². The first kappa shape index (κ1) is 12.9. The van der Waals surface area contributed by atoms with Crippen LogP contribution in [0.25, 0.3) is 0 Å². The Hall–Kier alpha value is -2.55. The molecule has 0 atom stereocenters. The number of halogens is 1. The molecule has 0 aliphatic rings. The number of aryl methyl sites for hydroxylation is 2. The van der Waals surface area contributed by atoms with Crippen LogP contribution in [0.3, 0.4) is 0 Å². The molecule has 0 unspecified atom stereocenters. The molecule has 2 rings (SSSR count). The predicted molar refractivity (Wildman–Crippen MR) is 71.4 cm³/mol. The highest BCUT2D eigenvalue weighted by atomic mass is 19.1. The molecule has 5 nitrogen and oxygen atoms in total. The minimum atomic E-state index is -0.449. The Morgan fingerprint density at radius 2 is 2.26 bits per heavy atom. The molecule has 0 aliphatic heterocycles. The van der Waals surface area contributed by atoms with Crippen molar-refractivity contribution < 1.29 is 4.39 Å². The highest BCUT2D eigenvalue weighted by molar-refractivity contribution is 5.74. The topological polar surface area (TPSA) is 79.7 Å². The number of nitrogens with one attached hydrogen (secondary N) is 1. The number of benzene rings is 1. The van der Waals surface area contributed by atoms with E-state index in [9.17, 15) is 4.39 Å². The van der Waals surface area contributed by atoms with Crippen molar-refractivity contribution in [1.82, 2.24) is 9.78 Å². The number of rotatable bonds is 3. The molecule has 0 bridgehead atoms. The van der Waals surface area contributed by atoms with E-state index in [-0.39, 0.29) is 5.56 Å². The molecule has 3 N–H and O–H groups in total. The highest BCUT2D eigenvalue weighted by Crippen LogP contribution is 2.27. The van der Waals surface area contributed by atoms with Crippen molar-refractivity contribution in [3.8, 4) is 6.07 Å². The van der Waals surface area contributed by atoms with Crippen LogP contribution in [0.2, 0.25) is 0 Å². The van der Waals surface area contributed by atoms with E-state index in [0.717, 1.165) is 0 Å². The third kappa shape index (κ3) is 2.36. The maximum atomic E-state index is 13.1. The van der Waals surface area contributed by atoms with Crippen molar-refractivity contribution in [2.75, 3.05) is 11.1 Å². The van der Waals surface area contributed by atoms with Crippen LogP contribution in [0.15, 0.2) is 18.2 Å². The van der Waals surface area contributed by atoms with Crippen molar-refractivity contribution >= 4 is 17.2 Å². The summed E-state index contributed by atoms with van der Waals surface area (Å²) in [5.41, 5.74) is 7.91. The molecule has 0 aliphatic carbocycles. The van der Waals surface area contributed by atoms with Crippen molar-refractivity contribution in [2.45, 2.75) is 20.4 Å². The normalized spacial score (nSPS) is 10.2. The van der Waals surface area contributed by atoms with Crippen LogP contribution in [0.4, 0.5) is 21.6 Å². The first-order valence-electron chi connectivity index (χ1n) is 5.86. The predicted octanol–water partition coefficient (Wildman–Crippen LogP) is 2.55. The molecule has 0 saturated heterocycles. The van der Waals surface area contributed by atoms with Gasteiger partial charge in [-0.3, -0.25) is 0 Å². The Bertz CT molecular complexity index is 654. The maximum absolute atomic E-state index is 13.1. The van der Waals surface area contributed by atoms with E-state index in [2.05, 4.69) is 10.4 Å². The van der Waals surface area contributed by atoms with Gasteiger partial charge < -0.3 is 11.1 Å². The Kier molecular flexibility index (Phi) is 3.38. The molecule has 0 amide bonds. The number of nitrogens with two attached hydrogens (primary N) is 1. The standard InChI is InChI=1S/C13H14FN5/c1-3-19-13(12(16)8(2)18-19)17-11-5-4-10(14)6-9(11)7-15/h4-6,17H,3,16H2,1-2H3. The second-order valence-electron chi connectivity index (χ2n) is 4.09. The van der Waals surface area contributed by atoms with Crippen molar-refractivity contribution in [3.05, 3.63) is 35.3 Å². The lowest BCUT2D eigenvalue weighted by Crippen LogP contribution is -2.05. The molecule has 19 heavy (non-hydrogen) atoms. The lowest BCUT2D eigenvalue weighted by Gasteiger charge is -2.10. The van der Waals surface area contributed by atoms with Crippen LogP contribution in [0.5, 0.6) is 0 Å². The van der Waals surface area contributed by atoms with Crippen molar-refractivity contribution in [3.63, 3.8) is 0 Å². The summed E-state index contributed by atoms with van der Waals surface area (Å²) in [6, 6.07) is 5.93. The van der Waals surface area contributed by atoms with E-state index in [4.69, 9.17) is 11.0 Å². The zero-order valence-electron chi connectivity index (χ0n) is 10.7. The van der Waals surface area contributed by atoms with Gasteiger partial charge in [0.2, 0.25) is 0 Å². The zero-order valence-corrected chi connectivity index (χ0v) is 10.7. The molecule has 2 aromatic rings. The van der Waals surface area contributed by atoms with Crippen LogP contribution in [0, 0.1) is 24.1 Å². The Balaban J connectivity index is 2.45. The Morgan fingerprint density at radius 1 is 1.53 bits per heavy atom. The summed E-state index contributed by atoms with van der Waals surface area (Å²) in [6.07, 6.45) is 0. The molecule has 0 spiro atoms. The fourth-order valence-corrected chi connectivity index (χ4v) is 1.80. The number of hydrogen-bond acceptors (Lipinski definition) is 4. The number of hydrogen-bond donors (Lipinski definition) is 2. The van der Waals surface area contributed by atoms with E-state index in [1.54, 1.807) is 4.68 Å². The van der Waals surface area contributed by atoms with E-state index in [1.165, 1.54) is 18.2 Å². The lowest BCUT2D eigenvalue weighted by atomic mass is 10.2. The molecule has 6 heteroatoms. The minimum absolute atomic E-state index is 0.223. The monoisotopic (exact) mass is 259 g/mol. The van der Waals surface area contributed by atoms with Crippen LogP contribution in [0.1, 0.15) is 18.2 Å². The van der Waals surface area contributed by atoms with Gasteiger partial charge in [-0.2, -0.15) is 10.4 Å². The van der Waals surface area contributed by atoms with Crippen LogP contribution in [-0.2, 0) is 6.54 Å². The lowest BCUT2D eigenvalue weighted by molar-refractivity contribution is 0.627. The SMILES string of the molecule is CCn1nc(C)c(N)c1Nc1ccc(F)cc1C#N. The summed E-state index contributed by atoms with van der Waals surface area (Å²) in [6.45, 7) is 4.39. The van der Waals surface area contributed by atoms with Gasteiger partial charge in [0, 0.05) is 6.54 Å². The number of nitrogen functional groups attached to an aromatic ring is 1. The third-order valence-electron chi connectivity index (χ3n) is 2.83. The molecule has 1 heterocycles. The van der Waals surface area contributed by atoms with Gasteiger partial charge in [-0.25, -0.2) is 9.07 Å². The maximum Gasteiger partial charge on any atom is 0.152 e. The zero-order chi connectivity index (χ0) is 14.0. The van der Waals surface area contributed by atoms with Crippen LogP contribution >= 0.6 is 0 Å². The molecule has 0 saturated carbocycles. The minimum Gasteiger partial charge on any atom is -0.394 e. The largest absolute Gasteiger partial charge is 0.394 e. The van der Waals surface area contributed by atoms with E-state index >= 15 is 0 Å². The van der Waals surface area contributed by atoms with Gasteiger partial charge in [-0.05, 0) is 32.0 Å².